The summed E-state index contributed by atoms with van der Waals surface area (Å²) in [5.74, 6) is -0.0232. The molecule has 0 aliphatic heterocycles. The zero-order chi connectivity index (χ0) is 14.4. The number of nitrogens with one attached hydrogen (secondary N) is 1. The van der Waals surface area contributed by atoms with Crippen molar-refractivity contribution >= 4 is 16.9 Å². The van der Waals surface area contributed by atoms with Crippen LogP contribution < -0.4 is 5.32 Å². The molecule has 20 heavy (non-hydrogen) atoms. The lowest BCUT2D eigenvalue weighted by Gasteiger charge is -2.31. The Bertz CT molecular complexity index is 669. The molecular weight excluding hydrogens is 250 g/mol. The topological polar surface area (TPSA) is 54.9 Å². The van der Waals surface area contributed by atoms with Crippen LogP contribution in [0.1, 0.15) is 44.0 Å². The van der Waals surface area contributed by atoms with Gasteiger partial charge in [-0.05, 0) is 36.5 Å². The number of hydrogen-bond donors (Lipinski definition) is 1. The van der Waals surface area contributed by atoms with E-state index in [1.807, 2.05) is 12.1 Å². The zero-order valence-electron chi connectivity index (χ0n) is 12.1. The summed E-state index contributed by atoms with van der Waals surface area (Å²) in [5, 5.41) is 3.20. The van der Waals surface area contributed by atoms with Gasteiger partial charge in [-0.15, -0.1) is 0 Å². The Kier molecular flexibility index (Phi) is 2.78. The van der Waals surface area contributed by atoms with Gasteiger partial charge in [-0.25, -0.2) is 0 Å². The Labute approximate surface area is 118 Å². The summed E-state index contributed by atoms with van der Waals surface area (Å²) in [7, 11) is 0. The maximum atomic E-state index is 12.4. The first-order valence-corrected chi connectivity index (χ1v) is 6.95. The molecule has 1 heterocycles. The van der Waals surface area contributed by atoms with Gasteiger partial charge in [0, 0.05) is 23.5 Å². The Morgan fingerprint density at radius 2 is 1.80 bits per heavy atom. The van der Waals surface area contributed by atoms with Crippen LogP contribution in [0.3, 0.4) is 0 Å². The number of benzene rings is 1. The monoisotopic (exact) mass is 269 g/mol. The van der Waals surface area contributed by atoms with Crippen molar-refractivity contribution in [2.75, 3.05) is 0 Å². The van der Waals surface area contributed by atoms with E-state index in [0.29, 0.717) is 5.56 Å². The standard InChI is InChI=1S/C16H19N3O/c1-15(2,3)16(6-7-16)19-14(20)11-4-5-12-13(10-11)18-9-8-17-12/h4-5,8-10H,6-7H2,1-3H3,(H,19,20). The van der Waals surface area contributed by atoms with Gasteiger partial charge in [-0.1, -0.05) is 20.8 Å². The van der Waals surface area contributed by atoms with Crippen molar-refractivity contribution in [3.8, 4) is 0 Å². The van der Waals surface area contributed by atoms with Crippen LogP contribution in [-0.4, -0.2) is 21.4 Å². The van der Waals surface area contributed by atoms with Crippen molar-refractivity contribution in [3.63, 3.8) is 0 Å². The van der Waals surface area contributed by atoms with E-state index in [9.17, 15) is 4.79 Å². The molecule has 4 heteroatoms. The smallest absolute Gasteiger partial charge is 0.251 e. The predicted molar refractivity (Wildman–Crippen MR) is 78.4 cm³/mol. The Balaban J connectivity index is 1.86. The maximum absolute atomic E-state index is 12.4. The largest absolute Gasteiger partial charge is 0.346 e. The molecule has 1 aromatic carbocycles. The number of amides is 1. The van der Waals surface area contributed by atoms with Crippen LogP contribution in [-0.2, 0) is 0 Å². The second-order valence-electron chi connectivity index (χ2n) is 6.55. The van der Waals surface area contributed by atoms with E-state index in [0.717, 1.165) is 23.9 Å². The van der Waals surface area contributed by atoms with Crippen LogP contribution in [0.4, 0.5) is 0 Å². The summed E-state index contributed by atoms with van der Waals surface area (Å²) < 4.78 is 0. The predicted octanol–water partition coefficient (Wildman–Crippen LogP) is 2.94. The molecule has 1 aliphatic rings. The summed E-state index contributed by atoms with van der Waals surface area (Å²) >= 11 is 0. The van der Waals surface area contributed by atoms with Gasteiger partial charge in [-0.3, -0.25) is 14.8 Å². The fraction of sp³-hybridized carbons (Fsp3) is 0.438. The van der Waals surface area contributed by atoms with Crippen molar-refractivity contribution in [1.29, 1.82) is 0 Å². The van der Waals surface area contributed by atoms with Crippen LogP contribution >= 0.6 is 0 Å². The molecule has 2 aromatic rings. The number of nitrogens with zero attached hydrogens (tertiary/aromatic N) is 2. The van der Waals surface area contributed by atoms with E-state index >= 15 is 0 Å². The van der Waals surface area contributed by atoms with Crippen molar-refractivity contribution < 1.29 is 4.79 Å². The first kappa shape index (κ1) is 13.0. The van der Waals surface area contributed by atoms with E-state index in [-0.39, 0.29) is 16.9 Å². The van der Waals surface area contributed by atoms with Gasteiger partial charge in [0.25, 0.3) is 5.91 Å². The number of hydrogen-bond acceptors (Lipinski definition) is 3. The molecule has 1 amide bonds. The summed E-state index contributed by atoms with van der Waals surface area (Å²) in [6.07, 6.45) is 5.40. The van der Waals surface area contributed by atoms with Crippen LogP contribution in [0.5, 0.6) is 0 Å². The fourth-order valence-corrected chi connectivity index (χ4v) is 2.58. The maximum Gasteiger partial charge on any atom is 0.251 e. The summed E-state index contributed by atoms with van der Waals surface area (Å²) in [5.41, 5.74) is 2.23. The zero-order valence-corrected chi connectivity index (χ0v) is 12.1. The Morgan fingerprint density at radius 1 is 1.15 bits per heavy atom. The average Bonchev–Trinajstić information content (AvgIpc) is 3.18. The Hall–Kier alpha value is -1.97. The van der Waals surface area contributed by atoms with Crippen molar-refractivity contribution in [1.82, 2.24) is 15.3 Å². The number of fused-ring (bicyclic) bond motifs is 1. The highest BCUT2D eigenvalue weighted by Crippen LogP contribution is 2.49. The van der Waals surface area contributed by atoms with E-state index in [1.165, 1.54) is 0 Å². The van der Waals surface area contributed by atoms with Gasteiger partial charge in [0.05, 0.1) is 11.0 Å². The molecule has 1 aromatic heterocycles. The van der Waals surface area contributed by atoms with Gasteiger partial charge in [0.1, 0.15) is 0 Å². The normalized spacial score (nSPS) is 16.9. The minimum atomic E-state index is -0.0542. The molecule has 0 spiro atoms. The van der Waals surface area contributed by atoms with E-state index in [4.69, 9.17) is 0 Å². The number of aromatic nitrogens is 2. The third-order valence-corrected chi connectivity index (χ3v) is 4.27. The highest BCUT2D eigenvalue weighted by Gasteiger charge is 2.52. The van der Waals surface area contributed by atoms with Gasteiger partial charge in [0.2, 0.25) is 0 Å². The van der Waals surface area contributed by atoms with E-state index in [1.54, 1.807) is 18.5 Å². The Morgan fingerprint density at radius 3 is 2.40 bits per heavy atom. The summed E-state index contributed by atoms with van der Waals surface area (Å²) in [6, 6.07) is 5.45. The molecule has 4 nitrogen and oxygen atoms in total. The van der Waals surface area contributed by atoms with Gasteiger partial charge < -0.3 is 5.32 Å². The third-order valence-electron chi connectivity index (χ3n) is 4.27. The minimum absolute atomic E-state index is 0.0232. The average molecular weight is 269 g/mol. The molecular formula is C16H19N3O. The first-order valence-electron chi connectivity index (χ1n) is 6.95. The highest BCUT2D eigenvalue weighted by atomic mass is 16.1. The summed E-state index contributed by atoms with van der Waals surface area (Å²) in [4.78, 5) is 20.9. The number of carbonyl (C=O) groups is 1. The number of rotatable bonds is 2. The van der Waals surface area contributed by atoms with Gasteiger partial charge in [0.15, 0.2) is 0 Å². The summed E-state index contributed by atoms with van der Waals surface area (Å²) in [6.45, 7) is 6.52. The first-order chi connectivity index (χ1) is 9.41. The molecule has 0 saturated heterocycles. The van der Waals surface area contributed by atoms with Crippen LogP contribution in [0.15, 0.2) is 30.6 Å². The van der Waals surface area contributed by atoms with Crippen LogP contribution in [0.25, 0.3) is 11.0 Å². The molecule has 1 N–H and O–H groups in total. The van der Waals surface area contributed by atoms with Gasteiger partial charge >= 0.3 is 0 Å². The highest BCUT2D eigenvalue weighted by molar-refractivity contribution is 5.97. The molecule has 1 fully saturated rings. The molecule has 1 saturated carbocycles. The molecule has 1 aliphatic carbocycles. The quantitative estimate of drug-likeness (QED) is 0.912. The number of carbonyl (C=O) groups excluding carboxylic acids is 1. The van der Waals surface area contributed by atoms with Crippen molar-refractivity contribution in [2.45, 2.75) is 39.2 Å². The van der Waals surface area contributed by atoms with Crippen molar-refractivity contribution in [2.24, 2.45) is 5.41 Å². The fourth-order valence-electron chi connectivity index (χ4n) is 2.58. The van der Waals surface area contributed by atoms with Crippen molar-refractivity contribution in [3.05, 3.63) is 36.2 Å². The lowest BCUT2D eigenvalue weighted by molar-refractivity contribution is 0.0888. The van der Waals surface area contributed by atoms with Gasteiger partial charge in [-0.2, -0.15) is 0 Å². The van der Waals surface area contributed by atoms with E-state index in [2.05, 4.69) is 36.1 Å². The molecule has 0 bridgehead atoms. The second-order valence-corrected chi connectivity index (χ2v) is 6.55. The third kappa shape index (κ3) is 2.15. The van der Waals surface area contributed by atoms with Crippen LogP contribution in [0, 0.1) is 5.41 Å². The van der Waals surface area contributed by atoms with E-state index < -0.39 is 0 Å². The second kappa shape index (κ2) is 4.27. The lowest BCUT2D eigenvalue weighted by atomic mass is 9.84. The van der Waals surface area contributed by atoms with Crippen LogP contribution in [0.2, 0.25) is 0 Å². The molecule has 0 radical (unpaired) electrons. The lowest BCUT2D eigenvalue weighted by Crippen LogP contribution is -2.46. The minimum Gasteiger partial charge on any atom is -0.346 e. The molecule has 3 rings (SSSR count). The molecule has 0 unspecified atom stereocenters. The molecule has 0 atom stereocenters. The molecule has 104 valence electrons. The SMILES string of the molecule is CC(C)(C)C1(NC(=O)c2ccc3nccnc3c2)CC1.